The molecule has 2 rings (SSSR count). The summed E-state index contributed by atoms with van der Waals surface area (Å²) in [6.45, 7) is 2.00. The van der Waals surface area contributed by atoms with E-state index in [0.29, 0.717) is 11.4 Å². The molecule has 1 atom stereocenters. The van der Waals surface area contributed by atoms with Gasteiger partial charge in [-0.15, -0.1) is 21.5 Å². The van der Waals surface area contributed by atoms with Crippen molar-refractivity contribution in [2.24, 2.45) is 0 Å². The molecule has 0 aliphatic rings. The van der Waals surface area contributed by atoms with Crippen LogP contribution in [0.3, 0.4) is 0 Å². The largest absolute Gasteiger partial charge is 0.481 e. The first kappa shape index (κ1) is 11.7. The molecule has 0 bridgehead atoms. The number of carbonyl (C=O) groups is 1. The number of hydrogen-bond acceptors (Lipinski definition) is 4. The zero-order valence-corrected chi connectivity index (χ0v) is 10.1. The van der Waals surface area contributed by atoms with Gasteiger partial charge in [-0.3, -0.25) is 4.79 Å². The fourth-order valence-electron chi connectivity index (χ4n) is 1.57. The molecule has 0 fully saturated rings. The fourth-order valence-corrected chi connectivity index (χ4v) is 2.22. The highest BCUT2D eigenvalue weighted by Gasteiger charge is 2.23. The van der Waals surface area contributed by atoms with Gasteiger partial charge in [0.2, 0.25) is 0 Å². The number of nitrogens with zero attached hydrogens (tertiary/aromatic N) is 2. The molecule has 5 heteroatoms. The lowest BCUT2D eigenvalue weighted by Gasteiger charge is -2.08. The molecule has 1 aromatic carbocycles. The van der Waals surface area contributed by atoms with Crippen molar-refractivity contribution in [3.05, 3.63) is 45.9 Å². The SMILES string of the molecule is Cc1ccc(CC(C(=O)O)c2nncs2)cc1. The van der Waals surface area contributed by atoms with Crippen molar-refractivity contribution in [1.29, 1.82) is 0 Å². The van der Waals surface area contributed by atoms with Gasteiger partial charge in [0.15, 0.2) is 0 Å². The smallest absolute Gasteiger partial charge is 0.313 e. The lowest BCUT2D eigenvalue weighted by atomic mass is 9.99. The summed E-state index contributed by atoms with van der Waals surface area (Å²) >= 11 is 1.28. The number of benzene rings is 1. The Morgan fingerprint density at radius 3 is 2.65 bits per heavy atom. The maximum atomic E-state index is 11.2. The summed E-state index contributed by atoms with van der Waals surface area (Å²) in [6.07, 6.45) is 0.449. The van der Waals surface area contributed by atoms with Crippen LogP contribution in [0.5, 0.6) is 0 Å². The number of aromatic nitrogens is 2. The van der Waals surface area contributed by atoms with E-state index in [4.69, 9.17) is 0 Å². The van der Waals surface area contributed by atoms with Gasteiger partial charge >= 0.3 is 5.97 Å². The van der Waals surface area contributed by atoms with Crippen LogP contribution in [0, 0.1) is 6.92 Å². The summed E-state index contributed by atoms with van der Waals surface area (Å²) in [5, 5.41) is 17.3. The number of aliphatic carboxylic acids is 1. The zero-order chi connectivity index (χ0) is 12.3. The number of aryl methyl sites for hydroxylation is 1. The van der Waals surface area contributed by atoms with Gasteiger partial charge in [-0.25, -0.2) is 0 Å². The Bertz CT molecular complexity index is 494. The third-order valence-electron chi connectivity index (χ3n) is 2.53. The molecule has 0 spiro atoms. The Kier molecular flexibility index (Phi) is 3.49. The fraction of sp³-hybridized carbons (Fsp3) is 0.250. The lowest BCUT2D eigenvalue weighted by Crippen LogP contribution is -2.14. The maximum absolute atomic E-state index is 11.2. The molecule has 2 aromatic rings. The van der Waals surface area contributed by atoms with Gasteiger partial charge in [0.25, 0.3) is 0 Å². The van der Waals surface area contributed by atoms with Crippen LogP contribution in [0.4, 0.5) is 0 Å². The van der Waals surface area contributed by atoms with Crippen molar-refractivity contribution in [2.75, 3.05) is 0 Å². The summed E-state index contributed by atoms with van der Waals surface area (Å²) in [6, 6.07) is 7.86. The molecule has 1 heterocycles. The van der Waals surface area contributed by atoms with Gasteiger partial charge in [-0.05, 0) is 18.9 Å². The molecule has 0 amide bonds. The van der Waals surface area contributed by atoms with E-state index in [0.717, 1.165) is 11.1 Å². The van der Waals surface area contributed by atoms with Crippen LogP contribution in [0.25, 0.3) is 0 Å². The average molecular weight is 248 g/mol. The molecule has 0 radical (unpaired) electrons. The number of rotatable bonds is 4. The van der Waals surface area contributed by atoms with Crippen LogP contribution in [0.2, 0.25) is 0 Å². The minimum absolute atomic E-state index is 0.449. The molecular weight excluding hydrogens is 236 g/mol. The van der Waals surface area contributed by atoms with E-state index >= 15 is 0 Å². The first-order valence-electron chi connectivity index (χ1n) is 5.21. The summed E-state index contributed by atoms with van der Waals surface area (Å²) < 4.78 is 0. The molecular formula is C12H12N2O2S. The average Bonchev–Trinajstić information content (AvgIpc) is 2.81. The van der Waals surface area contributed by atoms with E-state index in [2.05, 4.69) is 10.2 Å². The first-order valence-corrected chi connectivity index (χ1v) is 6.09. The molecule has 1 unspecified atom stereocenters. The van der Waals surface area contributed by atoms with Gasteiger partial charge in [0, 0.05) is 0 Å². The minimum atomic E-state index is -0.859. The van der Waals surface area contributed by atoms with Crippen LogP contribution in [0.1, 0.15) is 22.1 Å². The van der Waals surface area contributed by atoms with Gasteiger partial charge in [0.1, 0.15) is 16.4 Å². The van der Waals surface area contributed by atoms with Crippen molar-refractivity contribution < 1.29 is 9.90 Å². The normalized spacial score (nSPS) is 12.3. The Morgan fingerprint density at radius 1 is 1.41 bits per heavy atom. The highest BCUT2D eigenvalue weighted by Crippen LogP contribution is 2.22. The van der Waals surface area contributed by atoms with Gasteiger partial charge < -0.3 is 5.11 Å². The highest BCUT2D eigenvalue weighted by atomic mass is 32.1. The van der Waals surface area contributed by atoms with E-state index in [1.165, 1.54) is 11.3 Å². The Hall–Kier alpha value is -1.75. The second-order valence-electron chi connectivity index (χ2n) is 3.86. The van der Waals surface area contributed by atoms with Gasteiger partial charge in [-0.1, -0.05) is 29.8 Å². The Balaban J connectivity index is 2.19. The van der Waals surface area contributed by atoms with Crippen molar-refractivity contribution in [3.63, 3.8) is 0 Å². The predicted octanol–water partition coefficient (Wildman–Crippen LogP) is 2.26. The molecule has 1 N–H and O–H groups in total. The van der Waals surface area contributed by atoms with E-state index in [1.807, 2.05) is 31.2 Å². The molecule has 0 saturated heterocycles. The van der Waals surface area contributed by atoms with Crippen molar-refractivity contribution >= 4 is 17.3 Å². The van der Waals surface area contributed by atoms with Crippen molar-refractivity contribution in [2.45, 2.75) is 19.3 Å². The summed E-state index contributed by atoms with van der Waals surface area (Å²) in [5.74, 6) is -1.47. The van der Waals surface area contributed by atoms with Crippen molar-refractivity contribution in [3.8, 4) is 0 Å². The van der Waals surface area contributed by atoms with Crippen molar-refractivity contribution in [1.82, 2.24) is 10.2 Å². The standard InChI is InChI=1S/C12H12N2O2S/c1-8-2-4-9(5-3-8)6-10(12(15)16)11-14-13-7-17-11/h2-5,7,10H,6H2,1H3,(H,15,16). The van der Waals surface area contributed by atoms with E-state index in [1.54, 1.807) is 5.51 Å². The second-order valence-corrected chi connectivity index (χ2v) is 4.72. The third-order valence-corrected chi connectivity index (χ3v) is 3.34. The van der Waals surface area contributed by atoms with Crippen LogP contribution in [0.15, 0.2) is 29.8 Å². The quantitative estimate of drug-likeness (QED) is 0.901. The Morgan fingerprint density at radius 2 is 2.12 bits per heavy atom. The summed E-state index contributed by atoms with van der Waals surface area (Å²) in [5.41, 5.74) is 3.72. The molecule has 0 aliphatic carbocycles. The lowest BCUT2D eigenvalue weighted by molar-refractivity contribution is -0.138. The minimum Gasteiger partial charge on any atom is -0.481 e. The zero-order valence-electron chi connectivity index (χ0n) is 9.33. The molecule has 0 aliphatic heterocycles. The van der Waals surface area contributed by atoms with Crippen LogP contribution in [-0.4, -0.2) is 21.3 Å². The molecule has 4 nitrogen and oxygen atoms in total. The third kappa shape index (κ3) is 2.88. The molecule has 0 saturated carbocycles. The summed E-state index contributed by atoms with van der Waals surface area (Å²) in [7, 11) is 0. The first-order chi connectivity index (χ1) is 8.16. The molecule has 17 heavy (non-hydrogen) atoms. The van der Waals surface area contributed by atoms with E-state index in [9.17, 15) is 9.90 Å². The molecule has 1 aromatic heterocycles. The van der Waals surface area contributed by atoms with Gasteiger partial charge in [-0.2, -0.15) is 0 Å². The number of carboxylic acids is 1. The Labute approximate surface area is 103 Å². The monoisotopic (exact) mass is 248 g/mol. The van der Waals surface area contributed by atoms with E-state index in [-0.39, 0.29) is 0 Å². The van der Waals surface area contributed by atoms with Crippen LogP contribution in [-0.2, 0) is 11.2 Å². The predicted molar refractivity (Wildman–Crippen MR) is 65.2 cm³/mol. The van der Waals surface area contributed by atoms with Gasteiger partial charge in [0.05, 0.1) is 0 Å². The number of carboxylic acid groups (broad SMARTS) is 1. The molecule has 88 valence electrons. The maximum Gasteiger partial charge on any atom is 0.313 e. The topological polar surface area (TPSA) is 63.1 Å². The summed E-state index contributed by atoms with van der Waals surface area (Å²) in [4.78, 5) is 11.2. The second kappa shape index (κ2) is 5.05. The highest BCUT2D eigenvalue weighted by molar-refractivity contribution is 7.09. The van der Waals surface area contributed by atoms with Crippen LogP contribution < -0.4 is 0 Å². The van der Waals surface area contributed by atoms with E-state index < -0.39 is 11.9 Å². The number of hydrogen-bond donors (Lipinski definition) is 1. The van der Waals surface area contributed by atoms with Crippen LogP contribution >= 0.6 is 11.3 Å².